The van der Waals surface area contributed by atoms with Crippen LogP contribution in [0.4, 0.5) is 4.39 Å². The van der Waals surface area contributed by atoms with Gasteiger partial charge in [-0.25, -0.2) is 22.3 Å². The molecule has 0 spiro atoms. The van der Waals surface area contributed by atoms with Crippen LogP contribution < -0.4 is 10.5 Å². The largest absolute Gasteiger partial charge is 0.465 e. The van der Waals surface area contributed by atoms with Gasteiger partial charge in [0.05, 0.1) is 17.6 Å². The SMILES string of the molecule is COC(=O)c1ccc(F)cc1S(=O)(=O)NC1CCCC1CN. The van der Waals surface area contributed by atoms with Crippen molar-refractivity contribution in [1.82, 2.24) is 4.72 Å². The van der Waals surface area contributed by atoms with Crippen LogP contribution in [0.2, 0.25) is 0 Å². The Balaban J connectivity index is 2.36. The highest BCUT2D eigenvalue weighted by Crippen LogP contribution is 2.27. The van der Waals surface area contributed by atoms with Crippen molar-refractivity contribution >= 4 is 16.0 Å². The first-order chi connectivity index (χ1) is 10.4. The molecule has 2 rings (SSSR count). The van der Waals surface area contributed by atoms with Crippen LogP contribution in [-0.4, -0.2) is 34.1 Å². The molecular weight excluding hydrogens is 311 g/mol. The van der Waals surface area contributed by atoms with Crippen LogP contribution in [0.3, 0.4) is 0 Å². The first kappa shape index (κ1) is 16.9. The first-order valence-electron chi connectivity index (χ1n) is 6.99. The van der Waals surface area contributed by atoms with Gasteiger partial charge < -0.3 is 10.5 Å². The summed E-state index contributed by atoms with van der Waals surface area (Å²) >= 11 is 0. The molecule has 0 saturated heterocycles. The van der Waals surface area contributed by atoms with Gasteiger partial charge in [-0.1, -0.05) is 6.42 Å². The van der Waals surface area contributed by atoms with E-state index in [1.807, 2.05) is 0 Å². The summed E-state index contributed by atoms with van der Waals surface area (Å²) in [6, 6.07) is 2.64. The summed E-state index contributed by atoms with van der Waals surface area (Å²) in [6.45, 7) is 0.375. The van der Waals surface area contributed by atoms with Gasteiger partial charge in [-0.2, -0.15) is 0 Å². The van der Waals surface area contributed by atoms with Crippen molar-refractivity contribution in [3.63, 3.8) is 0 Å². The van der Waals surface area contributed by atoms with E-state index in [-0.39, 0.29) is 17.5 Å². The van der Waals surface area contributed by atoms with Gasteiger partial charge in [-0.3, -0.25) is 0 Å². The molecule has 8 heteroatoms. The van der Waals surface area contributed by atoms with E-state index in [4.69, 9.17) is 5.73 Å². The molecular formula is C14H19FN2O4S. The van der Waals surface area contributed by atoms with Gasteiger partial charge in [0.25, 0.3) is 0 Å². The Morgan fingerprint density at radius 3 is 2.82 bits per heavy atom. The molecule has 1 aliphatic carbocycles. The molecule has 22 heavy (non-hydrogen) atoms. The van der Waals surface area contributed by atoms with Crippen molar-refractivity contribution in [2.24, 2.45) is 11.7 Å². The summed E-state index contributed by atoms with van der Waals surface area (Å²) in [7, 11) is -2.91. The summed E-state index contributed by atoms with van der Waals surface area (Å²) in [6.07, 6.45) is 2.39. The molecule has 0 aliphatic heterocycles. The Labute approximate surface area is 128 Å². The number of sulfonamides is 1. The second kappa shape index (κ2) is 6.72. The molecule has 6 nitrogen and oxygen atoms in total. The molecule has 0 heterocycles. The van der Waals surface area contributed by atoms with E-state index in [0.717, 1.165) is 38.2 Å². The lowest BCUT2D eigenvalue weighted by Gasteiger charge is -2.20. The molecule has 0 aromatic heterocycles. The molecule has 2 atom stereocenters. The van der Waals surface area contributed by atoms with Crippen molar-refractivity contribution in [2.45, 2.75) is 30.2 Å². The van der Waals surface area contributed by atoms with Crippen molar-refractivity contribution in [3.8, 4) is 0 Å². The van der Waals surface area contributed by atoms with Crippen LogP contribution >= 0.6 is 0 Å². The molecule has 1 saturated carbocycles. The average molecular weight is 330 g/mol. The van der Waals surface area contributed by atoms with Gasteiger partial charge in [0.15, 0.2) is 0 Å². The lowest BCUT2D eigenvalue weighted by Crippen LogP contribution is -2.40. The van der Waals surface area contributed by atoms with E-state index in [1.54, 1.807) is 0 Å². The summed E-state index contributed by atoms with van der Waals surface area (Å²) in [5.74, 6) is -1.53. The van der Waals surface area contributed by atoms with E-state index in [9.17, 15) is 17.6 Å². The lowest BCUT2D eigenvalue weighted by atomic mass is 10.1. The van der Waals surface area contributed by atoms with Crippen molar-refractivity contribution in [2.75, 3.05) is 13.7 Å². The number of esters is 1. The standard InChI is InChI=1S/C14H19FN2O4S/c1-21-14(18)11-6-5-10(15)7-13(11)22(19,20)17-12-4-2-3-9(12)8-16/h5-7,9,12,17H,2-4,8,16H2,1H3. The van der Waals surface area contributed by atoms with Crippen LogP contribution in [0.1, 0.15) is 29.6 Å². The maximum absolute atomic E-state index is 13.4. The third-order valence-corrected chi connectivity index (χ3v) is 5.44. The number of carbonyl (C=O) groups excluding carboxylic acids is 1. The average Bonchev–Trinajstić information content (AvgIpc) is 2.92. The maximum Gasteiger partial charge on any atom is 0.339 e. The second-order valence-corrected chi connectivity index (χ2v) is 6.97. The number of ether oxygens (including phenoxy) is 1. The summed E-state index contributed by atoms with van der Waals surface area (Å²) < 4.78 is 45.6. The molecule has 1 fully saturated rings. The van der Waals surface area contributed by atoms with E-state index in [0.29, 0.717) is 13.0 Å². The monoisotopic (exact) mass is 330 g/mol. The zero-order valence-electron chi connectivity index (χ0n) is 12.2. The van der Waals surface area contributed by atoms with Gasteiger partial charge in [0.1, 0.15) is 5.82 Å². The fourth-order valence-corrected chi connectivity index (χ4v) is 4.28. The number of benzene rings is 1. The number of hydrogen-bond donors (Lipinski definition) is 2. The number of rotatable bonds is 5. The fourth-order valence-electron chi connectivity index (χ4n) is 2.73. The minimum absolute atomic E-state index is 0.0462. The van der Waals surface area contributed by atoms with Crippen molar-refractivity contribution in [3.05, 3.63) is 29.6 Å². The highest BCUT2D eigenvalue weighted by molar-refractivity contribution is 7.89. The summed E-state index contributed by atoms with van der Waals surface area (Å²) in [5, 5.41) is 0. The van der Waals surface area contributed by atoms with Gasteiger partial charge >= 0.3 is 5.97 Å². The van der Waals surface area contributed by atoms with Crippen LogP contribution in [0, 0.1) is 11.7 Å². The predicted molar refractivity (Wildman–Crippen MR) is 78.2 cm³/mol. The molecule has 1 aliphatic rings. The van der Waals surface area contributed by atoms with Crippen LogP contribution in [0.5, 0.6) is 0 Å². The minimum Gasteiger partial charge on any atom is -0.465 e. The normalized spacial score (nSPS) is 21.8. The Hall–Kier alpha value is -1.51. The zero-order chi connectivity index (χ0) is 16.3. The van der Waals surface area contributed by atoms with Crippen LogP contribution in [-0.2, 0) is 14.8 Å². The summed E-state index contributed by atoms with van der Waals surface area (Å²) in [4.78, 5) is 11.3. The third-order valence-electron chi connectivity index (χ3n) is 3.91. The quantitative estimate of drug-likeness (QED) is 0.785. The van der Waals surface area contributed by atoms with Gasteiger partial charge in [0.2, 0.25) is 10.0 Å². The fraction of sp³-hybridized carbons (Fsp3) is 0.500. The number of methoxy groups -OCH3 is 1. The van der Waals surface area contributed by atoms with Gasteiger partial charge in [0, 0.05) is 6.04 Å². The molecule has 122 valence electrons. The maximum atomic E-state index is 13.4. The Morgan fingerprint density at radius 2 is 2.18 bits per heavy atom. The number of nitrogens with two attached hydrogens (primary N) is 1. The van der Waals surface area contributed by atoms with Gasteiger partial charge in [-0.15, -0.1) is 0 Å². The highest BCUT2D eigenvalue weighted by Gasteiger charge is 2.32. The molecule has 2 unspecified atom stereocenters. The molecule has 1 aromatic rings. The van der Waals surface area contributed by atoms with E-state index >= 15 is 0 Å². The lowest BCUT2D eigenvalue weighted by molar-refractivity contribution is 0.0596. The Kier molecular flexibility index (Phi) is 5.15. The van der Waals surface area contributed by atoms with E-state index < -0.39 is 26.7 Å². The number of hydrogen-bond acceptors (Lipinski definition) is 5. The van der Waals surface area contributed by atoms with Crippen molar-refractivity contribution in [1.29, 1.82) is 0 Å². The molecule has 0 amide bonds. The van der Waals surface area contributed by atoms with E-state index in [2.05, 4.69) is 9.46 Å². The van der Waals surface area contributed by atoms with Crippen molar-refractivity contribution < 1.29 is 22.3 Å². The first-order valence-corrected chi connectivity index (χ1v) is 8.47. The molecule has 0 bridgehead atoms. The Bertz CT molecular complexity index is 663. The zero-order valence-corrected chi connectivity index (χ0v) is 13.0. The van der Waals surface area contributed by atoms with Crippen LogP contribution in [0.25, 0.3) is 0 Å². The van der Waals surface area contributed by atoms with E-state index in [1.165, 1.54) is 0 Å². The smallest absolute Gasteiger partial charge is 0.339 e. The van der Waals surface area contributed by atoms with Crippen LogP contribution in [0.15, 0.2) is 23.1 Å². The molecule has 3 N–H and O–H groups in total. The topological polar surface area (TPSA) is 98.5 Å². The third kappa shape index (κ3) is 3.45. The predicted octanol–water partition coefficient (Wildman–Crippen LogP) is 1.02. The summed E-state index contributed by atoms with van der Waals surface area (Å²) in [5.41, 5.74) is 5.44. The molecule has 0 radical (unpaired) electrons. The number of nitrogens with one attached hydrogen (secondary N) is 1. The second-order valence-electron chi connectivity index (χ2n) is 5.29. The molecule has 1 aromatic carbocycles. The Morgan fingerprint density at radius 1 is 1.45 bits per heavy atom. The highest BCUT2D eigenvalue weighted by atomic mass is 32.2. The van der Waals surface area contributed by atoms with Gasteiger partial charge in [-0.05, 0) is 43.5 Å². The number of carbonyl (C=O) groups is 1. The minimum atomic E-state index is -4.04. The number of halogens is 1.